The van der Waals surface area contributed by atoms with Gasteiger partial charge in [0, 0.05) is 25.4 Å². The SMILES string of the molecule is CCOC(=O)C1CCCN1C(=O)CCc1ccncc1. The number of aromatic nitrogens is 1. The number of hydrogen-bond donors (Lipinski definition) is 0. The van der Waals surface area contributed by atoms with Crippen LogP contribution < -0.4 is 0 Å². The summed E-state index contributed by atoms with van der Waals surface area (Å²) in [6, 6.07) is 3.42. The molecule has 0 aliphatic carbocycles. The van der Waals surface area contributed by atoms with Crippen LogP contribution in [0.4, 0.5) is 0 Å². The summed E-state index contributed by atoms with van der Waals surface area (Å²) in [5.74, 6) is -0.250. The normalized spacial score (nSPS) is 18.1. The maximum absolute atomic E-state index is 12.2. The molecule has 1 aromatic heterocycles. The van der Waals surface area contributed by atoms with Crippen LogP contribution in [0.5, 0.6) is 0 Å². The van der Waals surface area contributed by atoms with Crippen molar-refractivity contribution in [2.75, 3.05) is 13.2 Å². The number of rotatable bonds is 5. The Morgan fingerprint density at radius 3 is 2.85 bits per heavy atom. The monoisotopic (exact) mass is 276 g/mol. The van der Waals surface area contributed by atoms with Crippen molar-refractivity contribution in [3.05, 3.63) is 30.1 Å². The third kappa shape index (κ3) is 3.56. The first-order valence-electron chi connectivity index (χ1n) is 7.07. The van der Waals surface area contributed by atoms with E-state index in [0.717, 1.165) is 12.0 Å². The fourth-order valence-electron chi connectivity index (χ4n) is 2.49. The lowest BCUT2D eigenvalue weighted by Crippen LogP contribution is -2.41. The van der Waals surface area contributed by atoms with E-state index in [1.165, 1.54) is 0 Å². The molecular formula is C15H20N2O3. The number of likely N-dealkylation sites (tertiary alicyclic amines) is 1. The van der Waals surface area contributed by atoms with Crippen molar-refractivity contribution < 1.29 is 14.3 Å². The Morgan fingerprint density at radius 1 is 1.40 bits per heavy atom. The summed E-state index contributed by atoms with van der Waals surface area (Å²) in [6.07, 6.45) is 6.10. The smallest absolute Gasteiger partial charge is 0.328 e. The number of aryl methyl sites for hydroxylation is 1. The number of carbonyl (C=O) groups excluding carboxylic acids is 2. The molecule has 1 amide bonds. The Kier molecular flexibility index (Phi) is 5.09. The van der Waals surface area contributed by atoms with Crippen LogP contribution in [0, 0.1) is 0 Å². The second-order valence-electron chi connectivity index (χ2n) is 4.85. The van der Waals surface area contributed by atoms with Crippen molar-refractivity contribution >= 4 is 11.9 Å². The van der Waals surface area contributed by atoms with Gasteiger partial charge in [-0.1, -0.05) is 0 Å². The average Bonchev–Trinajstić information content (AvgIpc) is 2.96. The predicted molar refractivity (Wildman–Crippen MR) is 73.9 cm³/mol. The third-order valence-electron chi connectivity index (χ3n) is 3.51. The summed E-state index contributed by atoms with van der Waals surface area (Å²) in [7, 11) is 0. The van der Waals surface area contributed by atoms with Gasteiger partial charge in [0.25, 0.3) is 0 Å². The second-order valence-corrected chi connectivity index (χ2v) is 4.85. The van der Waals surface area contributed by atoms with Crippen LogP contribution in [-0.4, -0.2) is 41.0 Å². The van der Waals surface area contributed by atoms with Gasteiger partial charge in [0.2, 0.25) is 5.91 Å². The van der Waals surface area contributed by atoms with E-state index in [1.807, 2.05) is 12.1 Å². The quantitative estimate of drug-likeness (QED) is 0.766. The number of pyridine rings is 1. The number of esters is 1. The summed E-state index contributed by atoms with van der Waals surface area (Å²) in [5.41, 5.74) is 1.08. The fourth-order valence-corrected chi connectivity index (χ4v) is 2.49. The van der Waals surface area contributed by atoms with E-state index >= 15 is 0 Å². The van der Waals surface area contributed by atoms with E-state index in [1.54, 1.807) is 24.2 Å². The van der Waals surface area contributed by atoms with Crippen molar-refractivity contribution in [1.82, 2.24) is 9.88 Å². The number of carbonyl (C=O) groups is 2. The van der Waals surface area contributed by atoms with Gasteiger partial charge in [-0.15, -0.1) is 0 Å². The van der Waals surface area contributed by atoms with Crippen LogP contribution in [0.15, 0.2) is 24.5 Å². The van der Waals surface area contributed by atoms with Crippen LogP contribution in [-0.2, 0) is 20.7 Å². The van der Waals surface area contributed by atoms with Crippen molar-refractivity contribution in [3.8, 4) is 0 Å². The molecule has 1 saturated heterocycles. The number of hydrogen-bond acceptors (Lipinski definition) is 4. The van der Waals surface area contributed by atoms with Gasteiger partial charge in [-0.3, -0.25) is 9.78 Å². The minimum atomic E-state index is -0.389. The summed E-state index contributed by atoms with van der Waals surface area (Å²) in [6.45, 7) is 2.79. The molecule has 5 heteroatoms. The molecule has 0 radical (unpaired) electrons. The van der Waals surface area contributed by atoms with Gasteiger partial charge >= 0.3 is 5.97 Å². The molecule has 108 valence electrons. The Labute approximate surface area is 118 Å². The molecule has 1 fully saturated rings. The van der Waals surface area contributed by atoms with Crippen LogP contribution in [0.3, 0.4) is 0 Å². The predicted octanol–water partition coefficient (Wildman–Crippen LogP) is 1.57. The molecule has 1 atom stereocenters. The van der Waals surface area contributed by atoms with Gasteiger partial charge in [-0.2, -0.15) is 0 Å². The second kappa shape index (κ2) is 7.03. The van der Waals surface area contributed by atoms with Crippen LogP contribution in [0.2, 0.25) is 0 Å². The van der Waals surface area contributed by atoms with Crippen molar-refractivity contribution in [2.24, 2.45) is 0 Å². The van der Waals surface area contributed by atoms with Crippen molar-refractivity contribution in [1.29, 1.82) is 0 Å². The minimum absolute atomic E-state index is 0.0253. The zero-order chi connectivity index (χ0) is 14.4. The molecule has 0 saturated carbocycles. The highest BCUT2D eigenvalue weighted by Crippen LogP contribution is 2.20. The molecule has 5 nitrogen and oxygen atoms in total. The van der Waals surface area contributed by atoms with Gasteiger partial charge < -0.3 is 9.64 Å². The maximum Gasteiger partial charge on any atom is 0.328 e. The molecule has 0 N–H and O–H groups in total. The van der Waals surface area contributed by atoms with E-state index in [9.17, 15) is 9.59 Å². The summed E-state index contributed by atoms with van der Waals surface area (Å²) in [4.78, 5) is 29.7. The largest absolute Gasteiger partial charge is 0.464 e. The zero-order valence-electron chi connectivity index (χ0n) is 11.7. The Hall–Kier alpha value is -1.91. The fraction of sp³-hybridized carbons (Fsp3) is 0.533. The van der Waals surface area contributed by atoms with E-state index in [2.05, 4.69) is 4.98 Å². The Bertz CT molecular complexity index is 461. The van der Waals surface area contributed by atoms with Crippen molar-refractivity contribution in [3.63, 3.8) is 0 Å². The average molecular weight is 276 g/mol. The van der Waals surface area contributed by atoms with Crippen LogP contribution in [0.1, 0.15) is 31.7 Å². The number of amides is 1. The van der Waals surface area contributed by atoms with E-state index in [-0.39, 0.29) is 17.9 Å². The summed E-state index contributed by atoms with van der Waals surface area (Å²) >= 11 is 0. The summed E-state index contributed by atoms with van der Waals surface area (Å²) in [5, 5.41) is 0. The highest BCUT2D eigenvalue weighted by molar-refractivity contribution is 5.85. The van der Waals surface area contributed by atoms with Gasteiger partial charge in [0.15, 0.2) is 0 Å². The van der Waals surface area contributed by atoms with Crippen LogP contribution in [0.25, 0.3) is 0 Å². The van der Waals surface area contributed by atoms with E-state index < -0.39 is 0 Å². The highest BCUT2D eigenvalue weighted by Gasteiger charge is 2.34. The topological polar surface area (TPSA) is 59.5 Å². The third-order valence-corrected chi connectivity index (χ3v) is 3.51. The first-order valence-corrected chi connectivity index (χ1v) is 7.07. The lowest BCUT2D eigenvalue weighted by molar-refractivity contribution is -0.153. The van der Waals surface area contributed by atoms with Gasteiger partial charge in [-0.25, -0.2) is 4.79 Å². The van der Waals surface area contributed by atoms with Crippen LogP contribution >= 0.6 is 0 Å². The molecule has 1 aromatic rings. The maximum atomic E-state index is 12.2. The van der Waals surface area contributed by atoms with Gasteiger partial charge in [-0.05, 0) is 43.9 Å². The number of ether oxygens (including phenoxy) is 1. The summed E-state index contributed by atoms with van der Waals surface area (Å²) < 4.78 is 5.03. The molecule has 2 heterocycles. The molecule has 1 aliphatic rings. The minimum Gasteiger partial charge on any atom is -0.464 e. The molecule has 0 aromatic carbocycles. The molecule has 0 spiro atoms. The molecule has 0 bridgehead atoms. The molecule has 1 aliphatic heterocycles. The van der Waals surface area contributed by atoms with Gasteiger partial charge in [0.1, 0.15) is 6.04 Å². The van der Waals surface area contributed by atoms with E-state index in [0.29, 0.717) is 32.4 Å². The Balaban J connectivity index is 1.89. The lowest BCUT2D eigenvalue weighted by Gasteiger charge is -2.23. The van der Waals surface area contributed by atoms with Crippen molar-refractivity contribution in [2.45, 2.75) is 38.6 Å². The van der Waals surface area contributed by atoms with Gasteiger partial charge in [0.05, 0.1) is 6.61 Å². The molecule has 1 unspecified atom stereocenters. The Morgan fingerprint density at radius 2 is 2.15 bits per heavy atom. The highest BCUT2D eigenvalue weighted by atomic mass is 16.5. The molecule has 2 rings (SSSR count). The lowest BCUT2D eigenvalue weighted by atomic mass is 10.1. The molecular weight excluding hydrogens is 256 g/mol. The number of nitrogens with zero attached hydrogens (tertiary/aromatic N) is 2. The first kappa shape index (κ1) is 14.5. The molecule has 20 heavy (non-hydrogen) atoms. The zero-order valence-corrected chi connectivity index (χ0v) is 11.7. The standard InChI is InChI=1S/C15H20N2O3/c1-2-20-15(19)13-4-3-11-17(13)14(18)6-5-12-7-9-16-10-8-12/h7-10,13H,2-6,11H2,1H3. The first-order chi connectivity index (χ1) is 9.72. The van der Waals surface area contributed by atoms with E-state index in [4.69, 9.17) is 4.74 Å².